The van der Waals surface area contributed by atoms with Gasteiger partial charge in [0.1, 0.15) is 6.73 Å². The Balaban J connectivity index is 0.00000128. The Kier molecular flexibility index (Phi) is 4.31. The van der Waals surface area contributed by atoms with Gasteiger partial charge in [0.2, 0.25) is 0 Å². The Bertz CT molecular complexity index is 371. The fraction of sp³-hybridized carbons (Fsp3) is 0.333. The number of nitrogens with zero attached hydrogens (tertiary/aromatic N) is 2. The summed E-state index contributed by atoms with van der Waals surface area (Å²) < 4.78 is 5.11. The third-order valence-electron chi connectivity index (χ3n) is 2.27. The smallest absolute Gasteiger partial charge is 0.269 e. The van der Waals surface area contributed by atoms with Crippen LogP contribution in [-0.2, 0) is 23.3 Å². The van der Waals surface area contributed by atoms with Crippen molar-refractivity contribution in [3.63, 3.8) is 0 Å². The minimum Gasteiger partial charge on any atom is -0.655 e. The van der Waals surface area contributed by atoms with Gasteiger partial charge in [-0.3, -0.25) is 10.1 Å². The number of hydrogen-bond donors (Lipinski definition) is 0. The zero-order valence-corrected chi connectivity index (χ0v) is 9.76. The summed E-state index contributed by atoms with van der Waals surface area (Å²) in [4.78, 5) is 11.7. The van der Waals surface area contributed by atoms with E-state index in [9.17, 15) is 10.1 Å². The first-order chi connectivity index (χ1) is 7.18. The summed E-state index contributed by atoms with van der Waals surface area (Å²) in [5.74, 6) is 0. The van der Waals surface area contributed by atoms with Crippen molar-refractivity contribution in [2.75, 3.05) is 18.2 Å². The van der Waals surface area contributed by atoms with Gasteiger partial charge in [0.25, 0.3) is 5.69 Å². The summed E-state index contributed by atoms with van der Waals surface area (Å²) in [7, 11) is 0. The molecule has 1 aromatic rings. The average molecular weight is 259 g/mol. The van der Waals surface area contributed by atoms with Crippen LogP contribution in [0.4, 0.5) is 11.4 Å². The summed E-state index contributed by atoms with van der Waals surface area (Å²) in [5.41, 5.74) is 8.46. The number of hydrogen-bond acceptors (Lipinski definition) is 4. The van der Waals surface area contributed by atoms with E-state index < -0.39 is 11.1 Å². The van der Waals surface area contributed by atoms with Crippen LogP contribution in [0.1, 0.15) is 0 Å². The van der Waals surface area contributed by atoms with Crippen molar-refractivity contribution in [2.45, 2.75) is 6.17 Å². The van der Waals surface area contributed by atoms with Crippen LogP contribution in [-0.4, -0.2) is 24.4 Å². The van der Waals surface area contributed by atoms with Gasteiger partial charge in [-0.2, -0.15) is 0 Å². The van der Waals surface area contributed by atoms with Crippen molar-refractivity contribution in [3.8, 4) is 0 Å². The molecule has 1 heterocycles. The Morgan fingerprint density at radius 2 is 2.06 bits per heavy atom. The molecule has 7 heteroatoms. The Morgan fingerprint density at radius 1 is 1.44 bits per heavy atom. The molecule has 85 valence electrons. The third kappa shape index (κ3) is 2.54. The Morgan fingerprint density at radius 3 is 2.50 bits per heavy atom. The van der Waals surface area contributed by atoms with Crippen LogP contribution >= 0.6 is 0 Å². The SMILES string of the molecule is [NH-]C1COCN1c1ccc([N+](=O)[O-])cc1.[V]. The third-order valence-corrected chi connectivity index (χ3v) is 2.27. The van der Waals surface area contributed by atoms with Gasteiger partial charge in [-0.15, -0.1) is 0 Å². The second-order valence-electron chi connectivity index (χ2n) is 3.26. The standard InChI is InChI=1S/C9H10N3O3.V/c10-9-5-15-6-11(9)7-1-3-8(4-2-7)12(13)14;/h1-4,9-10H,5-6H2;/q-1;. The Labute approximate surface area is 104 Å². The molecule has 0 aromatic heterocycles. The van der Waals surface area contributed by atoms with Gasteiger partial charge in [0.15, 0.2) is 0 Å². The second-order valence-corrected chi connectivity index (χ2v) is 3.26. The fourth-order valence-corrected chi connectivity index (χ4v) is 1.46. The average Bonchev–Trinajstić information content (AvgIpc) is 2.65. The molecule has 0 saturated carbocycles. The minimum atomic E-state index is -0.442. The van der Waals surface area contributed by atoms with Crippen molar-refractivity contribution >= 4 is 11.4 Å². The van der Waals surface area contributed by atoms with E-state index in [1.165, 1.54) is 12.1 Å². The van der Waals surface area contributed by atoms with Gasteiger partial charge in [0, 0.05) is 36.4 Å². The van der Waals surface area contributed by atoms with E-state index >= 15 is 0 Å². The molecule has 0 bridgehead atoms. The molecule has 16 heavy (non-hydrogen) atoms. The van der Waals surface area contributed by atoms with Crippen molar-refractivity contribution in [3.05, 3.63) is 40.1 Å². The molecule has 1 fully saturated rings. The number of non-ortho nitro benzene ring substituents is 1. The summed E-state index contributed by atoms with van der Waals surface area (Å²) in [5, 5.41) is 10.4. The van der Waals surface area contributed by atoms with Gasteiger partial charge < -0.3 is 15.4 Å². The molecule has 6 nitrogen and oxygen atoms in total. The number of benzene rings is 1. The van der Waals surface area contributed by atoms with E-state index in [0.29, 0.717) is 13.3 Å². The first-order valence-electron chi connectivity index (χ1n) is 4.48. The van der Waals surface area contributed by atoms with E-state index in [1.807, 2.05) is 0 Å². The molecule has 1 radical (unpaired) electrons. The van der Waals surface area contributed by atoms with Gasteiger partial charge >= 0.3 is 0 Å². The number of nitro benzene ring substituents is 1. The molecule has 0 aliphatic carbocycles. The van der Waals surface area contributed by atoms with Crippen LogP contribution in [0.3, 0.4) is 0 Å². The predicted octanol–water partition coefficient (Wildman–Crippen LogP) is 1.76. The molecule has 1 aliphatic rings. The largest absolute Gasteiger partial charge is 0.655 e. The molecule has 1 N–H and O–H groups in total. The van der Waals surface area contributed by atoms with Gasteiger partial charge in [-0.25, -0.2) is 0 Å². The summed E-state index contributed by atoms with van der Waals surface area (Å²) in [6.07, 6.45) is -0.425. The quantitative estimate of drug-likeness (QED) is 0.598. The van der Waals surface area contributed by atoms with Gasteiger partial charge in [-0.1, -0.05) is 0 Å². The minimum absolute atomic E-state index is 0. The molecular weight excluding hydrogens is 249 g/mol. The summed E-state index contributed by atoms with van der Waals surface area (Å²) >= 11 is 0. The maximum Gasteiger partial charge on any atom is 0.269 e. The van der Waals surface area contributed by atoms with E-state index in [1.54, 1.807) is 17.0 Å². The van der Waals surface area contributed by atoms with E-state index in [2.05, 4.69) is 0 Å². The first-order valence-corrected chi connectivity index (χ1v) is 4.48. The molecule has 1 aliphatic heterocycles. The molecule has 1 unspecified atom stereocenters. The zero-order chi connectivity index (χ0) is 10.8. The van der Waals surface area contributed by atoms with Crippen LogP contribution in [0.2, 0.25) is 0 Å². The molecule has 1 aromatic carbocycles. The molecule has 1 saturated heterocycles. The van der Waals surface area contributed by atoms with Crippen LogP contribution in [0, 0.1) is 10.1 Å². The van der Waals surface area contributed by atoms with Crippen LogP contribution < -0.4 is 4.90 Å². The number of ether oxygens (including phenoxy) is 1. The number of nitro groups is 1. The monoisotopic (exact) mass is 259 g/mol. The topological polar surface area (TPSA) is 79.4 Å². The molecule has 0 amide bonds. The maximum atomic E-state index is 10.4. The van der Waals surface area contributed by atoms with Crippen LogP contribution in [0.5, 0.6) is 0 Å². The predicted molar refractivity (Wildman–Crippen MR) is 54.5 cm³/mol. The number of nitrogens with one attached hydrogen (secondary N) is 1. The summed E-state index contributed by atoms with van der Waals surface area (Å²) in [6.45, 7) is 0.739. The van der Waals surface area contributed by atoms with Crippen LogP contribution in [0.15, 0.2) is 24.3 Å². The van der Waals surface area contributed by atoms with Gasteiger partial charge in [0.05, 0.1) is 11.5 Å². The van der Waals surface area contributed by atoms with Crippen molar-refractivity contribution in [2.24, 2.45) is 0 Å². The van der Waals surface area contributed by atoms with E-state index in [0.717, 1.165) is 5.69 Å². The normalized spacial score (nSPS) is 19.3. The van der Waals surface area contributed by atoms with Crippen molar-refractivity contribution in [1.29, 1.82) is 0 Å². The molecule has 0 spiro atoms. The van der Waals surface area contributed by atoms with Crippen molar-refractivity contribution in [1.82, 2.24) is 0 Å². The number of rotatable bonds is 2. The summed E-state index contributed by atoms with van der Waals surface area (Å²) in [6, 6.07) is 6.13. The molecule has 1 atom stereocenters. The van der Waals surface area contributed by atoms with E-state index in [-0.39, 0.29) is 24.2 Å². The fourth-order valence-electron chi connectivity index (χ4n) is 1.46. The van der Waals surface area contributed by atoms with Crippen molar-refractivity contribution < 1.29 is 28.2 Å². The molecular formula is C9H10N3O3V-. The van der Waals surface area contributed by atoms with E-state index in [4.69, 9.17) is 10.5 Å². The Hall–Kier alpha value is -1.08. The zero-order valence-electron chi connectivity index (χ0n) is 8.37. The molecule has 2 rings (SSSR count). The second kappa shape index (κ2) is 5.31. The number of anilines is 1. The maximum absolute atomic E-state index is 10.4. The van der Waals surface area contributed by atoms with Gasteiger partial charge in [-0.05, 0) is 18.3 Å². The van der Waals surface area contributed by atoms with Crippen LogP contribution in [0.25, 0.3) is 5.73 Å². The first kappa shape index (κ1) is 13.0.